The number of hydrogen-bond acceptors (Lipinski definition) is 2. The summed E-state index contributed by atoms with van der Waals surface area (Å²) in [5.41, 5.74) is 6.04. The molecule has 14 heavy (non-hydrogen) atoms. The molecule has 1 aromatic carbocycles. The maximum atomic E-state index is 5.63. The van der Waals surface area contributed by atoms with E-state index >= 15 is 0 Å². The number of nitrogens with one attached hydrogen (secondary N) is 1. The van der Waals surface area contributed by atoms with Gasteiger partial charge < -0.3 is 0 Å². The topological polar surface area (TPSA) is 38.0 Å². The molecule has 0 heterocycles. The Morgan fingerprint density at radius 2 is 2.07 bits per heavy atom. The summed E-state index contributed by atoms with van der Waals surface area (Å²) in [6.07, 6.45) is 3.92. The number of rotatable bonds is 3. The molecule has 0 amide bonds. The fourth-order valence-electron chi connectivity index (χ4n) is 2.65. The van der Waals surface area contributed by atoms with E-state index in [4.69, 9.17) is 5.84 Å². The Hall–Kier alpha value is -0.860. The van der Waals surface area contributed by atoms with Gasteiger partial charge in [0.25, 0.3) is 0 Å². The summed E-state index contributed by atoms with van der Waals surface area (Å²) >= 11 is 0. The second-order valence-electron chi connectivity index (χ2n) is 4.54. The van der Waals surface area contributed by atoms with E-state index in [0.717, 1.165) is 5.92 Å². The molecule has 2 nitrogen and oxygen atoms in total. The highest BCUT2D eigenvalue weighted by Gasteiger charge is 2.40. The zero-order chi connectivity index (χ0) is 9.54. The molecule has 0 aromatic heterocycles. The van der Waals surface area contributed by atoms with Crippen molar-refractivity contribution >= 4 is 0 Å². The van der Waals surface area contributed by atoms with E-state index in [1.807, 2.05) is 0 Å². The summed E-state index contributed by atoms with van der Waals surface area (Å²) in [4.78, 5) is 0. The van der Waals surface area contributed by atoms with Crippen LogP contribution in [0.2, 0.25) is 0 Å². The van der Waals surface area contributed by atoms with E-state index < -0.39 is 0 Å². The predicted molar refractivity (Wildman–Crippen MR) is 56.7 cm³/mol. The maximum absolute atomic E-state index is 5.63. The van der Waals surface area contributed by atoms with Gasteiger partial charge in [-0.1, -0.05) is 24.3 Å². The number of benzene rings is 1. The smallest absolute Gasteiger partial charge is 0.0310 e. The summed E-state index contributed by atoms with van der Waals surface area (Å²) in [7, 11) is 0. The molecule has 2 aliphatic carbocycles. The third-order valence-electron chi connectivity index (χ3n) is 3.65. The lowest BCUT2D eigenvalue weighted by Crippen LogP contribution is -2.45. The molecule has 0 aliphatic heterocycles. The molecule has 2 unspecified atom stereocenters. The summed E-state index contributed by atoms with van der Waals surface area (Å²) in [6.45, 7) is 0. The van der Waals surface area contributed by atoms with Crippen molar-refractivity contribution in [2.24, 2.45) is 11.8 Å². The van der Waals surface area contributed by atoms with Crippen LogP contribution >= 0.6 is 0 Å². The molecule has 1 saturated carbocycles. The number of hydrogen-bond donors (Lipinski definition) is 2. The molecule has 1 fully saturated rings. The van der Waals surface area contributed by atoms with Crippen molar-refractivity contribution < 1.29 is 0 Å². The zero-order valence-corrected chi connectivity index (χ0v) is 8.24. The fraction of sp³-hybridized carbons (Fsp3) is 0.500. The van der Waals surface area contributed by atoms with Crippen LogP contribution in [0.3, 0.4) is 0 Å². The van der Waals surface area contributed by atoms with Gasteiger partial charge in [-0.3, -0.25) is 11.3 Å². The van der Waals surface area contributed by atoms with E-state index in [2.05, 4.69) is 29.7 Å². The molecular weight excluding hydrogens is 172 g/mol. The second kappa shape index (κ2) is 3.07. The van der Waals surface area contributed by atoms with Gasteiger partial charge in [-0.2, -0.15) is 0 Å². The Bertz CT molecular complexity index is 344. The molecule has 0 bridgehead atoms. The van der Waals surface area contributed by atoms with Crippen LogP contribution in [-0.2, 0) is 6.42 Å². The monoisotopic (exact) mass is 188 g/mol. The standard InChI is InChI=1S/C12H16N2/c13-14-12(8-5-6-8)11-7-9-3-1-2-4-10(9)11/h1-4,8,11-12,14H,5-7,13H2. The van der Waals surface area contributed by atoms with E-state index in [0.29, 0.717) is 12.0 Å². The minimum atomic E-state index is 0.518. The highest BCUT2D eigenvalue weighted by Crippen LogP contribution is 2.45. The first-order chi connectivity index (χ1) is 6.90. The van der Waals surface area contributed by atoms with Crippen molar-refractivity contribution in [3.63, 3.8) is 0 Å². The van der Waals surface area contributed by atoms with E-state index in [1.54, 1.807) is 0 Å². The van der Waals surface area contributed by atoms with Crippen molar-refractivity contribution in [1.82, 2.24) is 5.43 Å². The van der Waals surface area contributed by atoms with Gasteiger partial charge in [0.15, 0.2) is 0 Å². The van der Waals surface area contributed by atoms with Gasteiger partial charge in [-0.05, 0) is 36.3 Å². The summed E-state index contributed by atoms with van der Waals surface area (Å²) < 4.78 is 0. The van der Waals surface area contributed by atoms with Crippen LogP contribution in [0.5, 0.6) is 0 Å². The van der Waals surface area contributed by atoms with Crippen LogP contribution in [-0.4, -0.2) is 6.04 Å². The Balaban J connectivity index is 1.82. The third-order valence-corrected chi connectivity index (χ3v) is 3.65. The second-order valence-corrected chi connectivity index (χ2v) is 4.54. The van der Waals surface area contributed by atoms with Gasteiger partial charge >= 0.3 is 0 Å². The van der Waals surface area contributed by atoms with Crippen LogP contribution in [0.15, 0.2) is 24.3 Å². The minimum absolute atomic E-state index is 0.518. The van der Waals surface area contributed by atoms with Crippen LogP contribution in [0, 0.1) is 5.92 Å². The Kier molecular flexibility index (Phi) is 1.85. The highest BCUT2D eigenvalue weighted by atomic mass is 15.2. The summed E-state index contributed by atoms with van der Waals surface area (Å²) in [6, 6.07) is 9.25. The Morgan fingerprint density at radius 1 is 1.29 bits per heavy atom. The van der Waals surface area contributed by atoms with Crippen LogP contribution in [0.25, 0.3) is 0 Å². The summed E-state index contributed by atoms with van der Waals surface area (Å²) in [5.74, 6) is 7.13. The van der Waals surface area contributed by atoms with Gasteiger partial charge in [0.05, 0.1) is 0 Å². The first-order valence-electron chi connectivity index (χ1n) is 5.44. The number of fused-ring (bicyclic) bond motifs is 1. The van der Waals surface area contributed by atoms with E-state index in [9.17, 15) is 0 Å². The maximum Gasteiger partial charge on any atom is 0.0310 e. The van der Waals surface area contributed by atoms with Crippen LogP contribution in [0.4, 0.5) is 0 Å². The van der Waals surface area contributed by atoms with Crippen molar-refractivity contribution in [2.45, 2.75) is 31.2 Å². The van der Waals surface area contributed by atoms with Gasteiger partial charge in [-0.25, -0.2) is 0 Å². The summed E-state index contributed by atoms with van der Waals surface area (Å²) in [5, 5.41) is 0. The zero-order valence-electron chi connectivity index (χ0n) is 8.24. The lowest BCUT2D eigenvalue weighted by molar-refractivity contribution is 0.369. The molecule has 0 spiro atoms. The van der Waals surface area contributed by atoms with Crippen LogP contribution < -0.4 is 11.3 Å². The normalized spacial score (nSPS) is 26.5. The molecule has 3 N–H and O–H groups in total. The Morgan fingerprint density at radius 3 is 2.71 bits per heavy atom. The number of hydrazine groups is 1. The van der Waals surface area contributed by atoms with Crippen molar-refractivity contribution in [3.05, 3.63) is 35.4 Å². The third kappa shape index (κ3) is 1.18. The van der Waals surface area contributed by atoms with Gasteiger partial charge in [0.2, 0.25) is 0 Å². The molecule has 2 aliphatic rings. The quantitative estimate of drug-likeness (QED) is 0.558. The SMILES string of the molecule is NNC(C1CC1)C1Cc2ccccc21. The average Bonchev–Trinajstić information content (AvgIpc) is 2.98. The van der Waals surface area contributed by atoms with Crippen LogP contribution in [0.1, 0.15) is 29.9 Å². The van der Waals surface area contributed by atoms with E-state index in [-0.39, 0.29) is 0 Å². The first-order valence-corrected chi connectivity index (χ1v) is 5.44. The average molecular weight is 188 g/mol. The minimum Gasteiger partial charge on any atom is -0.271 e. The van der Waals surface area contributed by atoms with Crippen molar-refractivity contribution in [2.75, 3.05) is 0 Å². The van der Waals surface area contributed by atoms with Gasteiger partial charge in [-0.15, -0.1) is 0 Å². The molecule has 74 valence electrons. The molecular formula is C12H16N2. The fourth-order valence-corrected chi connectivity index (χ4v) is 2.65. The molecule has 0 saturated heterocycles. The van der Waals surface area contributed by atoms with Gasteiger partial charge in [0.1, 0.15) is 0 Å². The first kappa shape index (κ1) is 8.45. The van der Waals surface area contributed by atoms with E-state index in [1.165, 1.54) is 30.4 Å². The predicted octanol–water partition coefficient (Wildman–Crippen LogP) is 1.57. The lowest BCUT2D eigenvalue weighted by atomic mass is 9.72. The highest BCUT2D eigenvalue weighted by molar-refractivity contribution is 5.41. The van der Waals surface area contributed by atoms with Crippen molar-refractivity contribution in [3.8, 4) is 0 Å². The van der Waals surface area contributed by atoms with Crippen molar-refractivity contribution in [1.29, 1.82) is 0 Å². The molecule has 3 rings (SSSR count). The molecule has 0 radical (unpaired) electrons. The number of nitrogens with two attached hydrogens (primary N) is 1. The Labute approximate surface area is 84.5 Å². The molecule has 2 atom stereocenters. The largest absolute Gasteiger partial charge is 0.271 e. The molecule has 2 heteroatoms. The van der Waals surface area contributed by atoms with Gasteiger partial charge in [0, 0.05) is 12.0 Å². The molecule has 1 aromatic rings. The lowest BCUT2D eigenvalue weighted by Gasteiger charge is -2.36.